The monoisotopic (exact) mass is 316 g/mol. The van der Waals surface area contributed by atoms with Gasteiger partial charge in [-0.15, -0.1) is 4.99 Å². The summed E-state index contributed by atoms with van der Waals surface area (Å²) < 4.78 is 27.4. The molecule has 0 unspecified atom stereocenters. The Morgan fingerprint density at radius 3 is 2.64 bits per heavy atom. The Balaban J connectivity index is 3.03. The van der Waals surface area contributed by atoms with Crippen LogP contribution in [0.5, 0.6) is 0 Å². The summed E-state index contributed by atoms with van der Waals surface area (Å²) in [6.45, 7) is -3.47. The van der Waals surface area contributed by atoms with E-state index in [-0.39, 0.29) is 13.0 Å². The fourth-order valence-corrected chi connectivity index (χ4v) is 1.96. The molecule has 0 atom stereocenters. The molecule has 0 radical (unpaired) electrons. The van der Waals surface area contributed by atoms with Crippen LogP contribution in [0.3, 0.4) is 0 Å². The molecule has 0 aromatic rings. The summed E-state index contributed by atoms with van der Waals surface area (Å²) in [7, 11) is 0. The molecule has 124 valence electrons. The highest BCUT2D eigenvalue weighted by Crippen LogP contribution is 2.08. The lowest BCUT2D eigenvalue weighted by atomic mass is 10.1. The minimum atomic E-state index is -2.88. The van der Waals surface area contributed by atoms with Gasteiger partial charge in [-0.05, 0) is 12.8 Å². The van der Waals surface area contributed by atoms with Crippen molar-refractivity contribution >= 4 is 23.9 Å². The Hall–Kier alpha value is -2.12. The lowest BCUT2D eigenvalue weighted by Crippen LogP contribution is -2.45. The smallest absolute Gasteiger partial charge is 0.434 e. The van der Waals surface area contributed by atoms with Crippen LogP contribution >= 0.6 is 0 Å². The summed E-state index contributed by atoms with van der Waals surface area (Å²) in [5.41, 5.74) is 0. The van der Waals surface area contributed by atoms with E-state index in [9.17, 15) is 14.4 Å². The first-order valence-electron chi connectivity index (χ1n) is 8.75. The highest BCUT2D eigenvalue weighted by Gasteiger charge is 2.16. The normalized spacial score (nSPS) is 24.1. The number of amides is 2. The van der Waals surface area contributed by atoms with Crippen molar-refractivity contribution in [3.05, 3.63) is 0 Å². The summed E-state index contributed by atoms with van der Waals surface area (Å²) in [4.78, 5) is 38.3. The van der Waals surface area contributed by atoms with Crippen molar-refractivity contribution in [3.63, 3.8) is 0 Å². The van der Waals surface area contributed by atoms with Gasteiger partial charge in [0.1, 0.15) is 6.54 Å². The van der Waals surface area contributed by atoms with Crippen molar-refractivity contribution in [1.29, 1.82) is 0 Å². The fourth-order valence-electron chi connectivity index (χ4n) is 1.96. The van der Waals surface area contributed by atoms with Crippen LogP contribution in [0, 0.1) is 0 Å². The predicted molar refractivity (Wildman–Crippen MR) is 79.5 cm³/mol. The molecule has 0 bridgehead atoms. The van der Waals surface area contributed by atoms with E-state index in [2.05, 4.69) is 10.3 Å². The zero-order valence-electron chi connectivity index (χ0n) is 15.3. The van der Waals surface area contributed by atoms with Crippen molar-refractivity contribution < 1.29 is 28.3 Å². The average Bonchev–Trinajstić information content (AvgIpc) is 2.48. The van der Waals surface area contributed by atoms with Crippen molar-refractivity contribution in [2.45, 2.75) is 44.9 Å². The average molecular weight is 316 g/mol. The first-order valence-corrected chi connectivity index (χ1v) is 7.25. The zero-order valence-corrected chi connectivity index (χ0v) is 12.3. The van der Waals surface area contributed by atoms with Crippen molar-refractivity contribution in [2.75, 3.05) is 20.1 Å². The van der Waals surface area contributed by atoms with Gasteiger partial charge in [-0.1, -0.05) is 25.7 Å². The van der Waals surface area contributed by atoms with Crippen LogP contribution in [0.1, 0.15) is 49.1 Å². The van der Waals surface area contributed by atoms with E-state index in [0.29, 0.717) is 17.7 Å². The number of carbonyl (C=O) groups excluding carboxylic acids is 2. The van der Waals surface area contributed by atoms with Crippen LogP contribution in [0.2, 0.25) is 0 Å². The molecule has 22 heavy (non-hydrogen) atoms. The summed E-state index contributed by atoms with van der Waals surface area (Å²) in [5, 5.41) is 11.0. The molecule has 1 aliphatic heterocycles. The number of ether oxygens (including phenoxy) is 1. The molecular formula is C14H23N3O5. The molecular weight excluding hydrogens is 290 g/mol. The third kappa shape index (κ3) is 7.61. The van der Waals surface area contributed by atoms with Gasteiger partial charge in [-0.2, -0.15) is 0 Å². The van der Waals surface area contributed by atoms with Crippen LogP contribution in [0.25, 0.3) is 0 Å². The molecule has 1 heterocycles. The first kappa shape index (κ1) is 13.5. The number of likely N-dealkylation sites (N-methyl/N-ethyl adjacent to an activating group) is 1. The highest BCUT2D eigenvalue weighted by atomic mass is 16.5. The van der Waals surface area contributed by atoms with Crippen molar-refractivity contribution in [1.82, 2.24) is 10.2 Å². The van der Waals surface area contributed by atoms with Gasteiger partial charge in [0.15, 0.2) is 0 Å². The molecule has 2 N–H and O–H groups in total. The number of guanidine groups is 1. The molecule has 1 rings (SSSR count). The Labute approximate surface area is 133 Å². The number of cyclic esters (lactones) is 1. The standard InChI is InChI=1S/C14H23N3O5/c1-17-10-12(19)22-9-7-5-3-2-4-6-8-11(18)15-13(17)16-14(20)21/h2-10H2,1H3,(H,20,21)(H,15,16,18)/i1D3. The zero-order chi connectivity index (χ0) is 18.9. The van der Waals surface area contributed by atoms with Crippen molar-refractivity contribution in [2.24, 2.45) is 4.99 Å². The Bertz CT molecular complexity index is 522. The molecule has 8 heteroatoms. The fraction of sp³-hybridized carbons (Fsp3) is 0.714. The van der Waals surface area contributed by atoms with Gasteiger partial charge in [0, 0.05) is 17.5 Å². The maximum absolute atomic E-state index is 12.0. The second kappa shape index (κ2) is 9.75. The number of esters is 1. The molecule has 8 nitrogen and oxygen atoms in total. The maximum Gasteiger partial charge on any atom is 0.434 e. The summed E-state index contributed by atoms with van der Waals surface area (Å²) >= 11 is 0. The minimum Gasteiger partial charge on any atom is -0.464 e. The van der Waals surface area contributed by atoms with E-state index < -0.39 is 37.4 Å². The van der Waals surface area contributed by atoms with E-state index in [1.807, 2.05) is 0 Å². The number of aliphatic imine (C=N–C) groups is 1. The summed E-state index contributed by atoms with van der Waals surface area (Å²) in [5.74, 6) is -2.10. The topological polar surface area (TPSA) is 108 Å². The van der Waals surface area contributed by atoms with Gasteiger partial charge in [-0.25, -0.2) is 4.79 Å². The number of hydrogen-bond donors (Lipinski definition) is 2. The highest BCUT2D eigenvalue weighted by molar-refractivity contribution is 6.01. The SMILES string of the molecule is [2H]C([2H])([2H])N1CC(=O)OCCCCCCCCC(=O)NC1=NC(=O)O. The van der Waals surface area contributed by atoms with Crippen LogP contribution < -0.4 is 5.32 Å². The molecule has 1 fully saturated rings. The maximum atomic E-state index is 12.0. The van der Waals surface area contributed by atoms with Gasteiger partial charge in [0.05, 0.1) is 6.61 Å². The number of rotatable bonds is 0. The molecule has 0 aromatic heterocycles. The van der Waals surface area contributed by atoms with Gasteiger partial charge in [-0.3, -0.25) is 14.9 Å². The van der Waals surface area contributed by atoms with E-state index >= 15 is 0 Å². The lowest BCUT2D eigenvalue weighted by Gasteiger charge is -2.20. The largest absolute Gasteiger partial charge is 0.464 e. The van der Waals surface area contributed by atoms with Crippen LogP contribution in [0.4, 0.5) is 4.79 Å². The third-order valence-corrected chi connectivity index (χ3v) is 3.06. The van der Waals surface area contributed by atoms with Crippen molar-refractivity contribution in [3.8, 4) is 0 Å². The molecule has 2 amide bonds. The van der Waals surface area contributed by atoms with Gasteiger partial charge in [0.25, 0.3) is 0 Å². The van der Waals surface area contributed by atoms with Crippen LogP contribution in [-0.2, 0) is 14.3 Å². The number of nitrogens with one attached hydrogen (secondary N) is 1. The van der Waals surface area contributed by atoms with Gasteiger partial charge < -0.3 is 14.7 Å². The molecule has 0 aromatic carbocycles. The van der Waals surface area contributed by atoms with E-state index in [1.54, 1.807) is 0 Å². The Kier molecular flexibility index (Phi) is 6.00. The number of nitrogens with zero attached hydrogens (tertiary/aromatic N) is 2. The Morgan fingerprint density at radius 1 is 1.27 bits per heavy atom. The molecule has 0 aliphatic carbocycles. The number of hydrogen-bond acceptors (Lipinski definition) is 4. The predicted octanol–water partition coefficient (Wildman–Crippen LogP) is 1.36. The number of carbonyl (C=O) groups is 3. The molecule has 1 saturated heterocycles. The second-order valence-corrected chi connectivity index (χ2v) is 4.94. The van der Waals surface area contributed by atoms with E-state index in [0.717, 1.165) is 25.7 Å². The second-order valence-electron chi connectivity index (χ2n) is 4.94. The third-order valence-electron chi connectivity index (χ3n) is 3.06. The first-order chi connectivity index (χ1) is 11.7. The van der Waals surface area contributed by atoms with E-state index in [4.69, 9.17) is 14.0 Å². The van der Waals surface area contributed by atoms with Gasteiger partial charge >= 0.3 is 12.1 Å². The van der Waals surface area contributed by atoms with E-state index in [1.165, 1.54) is 0 Å². The lowest BCUT2D eigenvalue weighted by molar-refractivity contribution is -0.144. The molecule has 0 spiro atoms. The molecule has 1 aliphatic rings. The summed E-state index contributed by atoms with van der Waals surface area (Å²) in [6, 6.07) is 0. The molecule has 0 saturated carbocycles. The van der Waals surface area contributed by atoms with Crippen LogP contribution in [0.15, 0.2) is 4.99 Å². The van der Waals surface area contributed by atoms with Crippen LogP contribution in [-0.4, -0.2) is 54.1 Å². The summed E-state index contributed by atoms with van der Waals surface area (Å²) in [6.07, 6.45) is 3.25. The Morgan fingerprint density at radius 2 is 1.95 bits per heavy atom. The van der Waals surface area contributed by atoms with Gasteiger partial charge in [0.2, 0.25) is 11.9 Å². The quantitative estimate of drug-likeness (QED) is 0.653. The minimum absolute atomic E-state index is 0.109. The number of carboxylic acid groups (broad SMARTS) is 1.